The number of rotatable bonds is 11. The quantitative estimate of drug-likeness (QED) is 0.390. The summed E-state index contributed by atoms with van der Waals surface area (Å²) in [6.45, 7) is 4.38. The third-order valence-electron chi connectivity index (χ3n) is 5.35. The van der Waals surface area contributed by atoms with Gasteiger partial charge < -0.3 is 29.3 Å². The molecule has 0 bridgehead atoms. The molecule has 0 aliphatic heterocycles. The fraction of sp³-hybridized carbons (Fsp3) is 0.296. The molecule has 3 rings (SSSR count). The molecule has 0 spiro atoms. The molecule has 0 saturated carbocycles. The summed E-state index contributed by atoms with van der Waals surface area (Å²) in [6.07, 6.45) is 3.47. The number of aliphatic carboxylic acids is 1. The summed E-state index contributed by atoms with van der Waals surface area (Å²) < 4.78 is 24.7. The topological polar surface area (TPSA) is 103 Å². The first-order chi connectivity index (χ1) is 16.2. The van der Waals surface area contributed by atoms with Crippen LogP contribution in [0.3, 0.4) is 0 Å². The molecule has 8 heteroatoms. The predicted octanol–water partition coefficient (Wildman–Crippen LogP) is 1.06. The standard InChI is InChI=1S/C27H29FO6.Na/c1-17(2)25-13-23(34-16-18-9-10-33-15-18)14-26(19-3-5-20(28)6-4-19)24(25)8-7-21(29)11-22(30)12-27(31)32;/h3-10,13-15,17,21-22,29-30H,11-12,16H2,1-2H3,(H,31,32);/q;+1/p-1/b8-7+;. The van der Waals surface area contributed by atoms with Gasteiger partial charge in [-0.1, -0.05) is 38.1 Å². The minimum atomic E-state index is -1.38. The van der Waals surface area contributed by atoms with Gasteiger partial charge in [-0.2, -0.15) is 0 Å². The first-order valence-corrected chi connectivity index (χ1v) is 11.0. The number of carbonyl (C=O) groups excluding carboxylic acids is 1. The molecule has 1 aromatic heterocycles. The normalized spacial score (nSPS) is 13.0. The first kappa shape index (κ1) is 28.8. The van der Waals surface area contributed by atoms with Crippen LogP contribution in [-0.2, 0) is 11.4 Å². The third kappa shape index (κ3) is 8.63. The van der Waals surface area contributed by atoms with E-state index in [1.165, 1.54) is 18.2 Å². The second kappa shape index (κ2) is 13.6. The van der Waals surface area contributed by atoms with Crippen LogP contribution in [0.2, 0.25) is 0 Å². The molecular formula is C27H28FNaO6. The number of ether oxygens (including phenoxy) is 1. The Kier molecular flexibility index (Phi) is 11.2. The average molecular weight is 491 g/mol. The molecule has 3 aromatic rings. The van der Waals surface area contributed by atoms with Gasteiger partial charge in [0.2, 0.25) is 0 Å². The van der Waals surface area contributed by atoms with Gasteiger partial charge in [-0.05, 0) is 58.5 Å². The van der Waals surface area contributed by atoms with Crippen LogP contribution >= 0.6 is 0 Å². The molecule has 0 radical (unpaired) electrons. The molecule has 1 heterocycles. The molecule has 2 aromatic carbocycles. The van der Waals surface area contributed by atoms with E-state index in [0.717, 1.165) is 27.8 Å². The maximum atomic E-state index is 13.6. The van der Waals surface area contributed by atoms with Gasteiger partial charge in [0, 0.05) is 24.4 Å². The molecule has 0 fully saturated rings. The largest absolute Gasteiger partial charge is 1.00 e. The van der Waals surface area contributed by atoms with Gasteiger partial charge in [-0.25, -0.2) is 4.39 Å². The van der Waals surface area contributed by atoms with Crippen molar-refractivity contribution in [2.75, 3.05) is 0 Å². The number of aliphatic hydroxyl groups excluding tert-OH is 2. The van der Waals surface area contributed by atoms with Crippen molar-refractivity contribution >= 4 is 12.0 Å². The van der Waals surface area contributed by atoms with Crippen LogP contribution in [0.5, 0.6) is 5.75 Å². The van der Waals surface area contributed by atoms with Crippen LogP contribution < -0.4 is 39.4 Å². The van der Waals surface area contributed by atoms with Crippen molar-refractivity contribution in [1.29, 1.82) is 0 Å². The Morgan fingerprint density at radius 1 is 1.17 bits per heavy atom. The molecular weight excluding hydrogens is 462 g/mol. The summed E-state index contributed by atoms with van der Waals surface area (Å²) >= 11 is 0. The van der Waals surface area contributed by atoms with Crippen molar-refractivity contribution in [2.45, 2.75) is 51.4 Å². The van der Waals surface area contributed by atoms with Crippen molar-refractivity contribution in [3.8, 4) is 16.9 Å². The van der Waals surface area contributed by atoms with Crippen molar-refractivity contribution in [3.63, 3.8) is 0 Å². The van der Waals surface area contributed by atoms with Crippen molar-refractivity contribution < 1.29 is 63.2 Å². The summed E-state index contributed by atoms with van der Waals surface area (Å²) in [5, 5.41) is 30.8. The Hall–Kier alpha value is -2.42. The second-order valence-corrected chi connectivity index (χ2v) is 8.45. The SMILES string of the molecule is CC(C)c1cc(OCc2ccoc2)cc(-c2ccc(F)cc2)c1/C=C/C(O)CC(O)CC(=O)[O-].[Na+]. The summed E-state index contributed by atoms with van der Waals surface area (Å²) in [4.78, 5) is 10.7. The van der Waals surface area contributed by atoms with Crippen LogP contribution in [0.25, 0.3) is 17.2 Å². The molecule has 0 amide bonds. The molecule has 2 N–H and O–H groups in total. The van der Waals surface area contributed by atoms with E-state index in [-0.39, 0.29) is 47.7 Å². The zero-order valence-corrected chi connectivity index (χ0v) is 22.1. The molecule has 0 aliphatic carbocycles. The van der Waals surface area contributed by atoms with Gasteiger partial charge in [0.25, 0.3) is 0 Å². The Labute approximate surface area is 226 Å². The average Bonchev–Trinajstić information content (AvgIpc) is 3.29. The van der Waals surface area contributed by atoms with Crippen molar-refractivity contribution in [1.82, 2.24) is 0 Å². The number of carboxylic acids is 1. The fourth-order valence-corrected chi connectivity index (χ4v) is 3.65. The number of hydrogen-bond acceptors (Lipinski definition) is 6. The van der Waals surface area contributed by atoms with Gasteiger partial charge in [0.05, 0.1) is 24.7 Å². The van der Waals surface area contributed by atoms with E-state index >= 15 is 0 Å². The number of carbonyl (C=O) groups is 1. The Morgan fingerprint density at radius 3 is 2.49 bits per heavy atom. The van der Waals surface area contributed by atoms with Gasteiger partial charge in [0.15, 0.2) is 0 Å². The third-order valence-corrected chi connectivity index (χ3v) is 5.35. The number of carboxylic acid groups (broad SMARTS) is 1. The summed E-state index contributed by atoms with van der Waals surface area (Å²) in [5.74, 6) is -1.01. The van der Waals surface area contributed by atoms with E-state index in [1.807, 2.05) is 32.0 Å². The van der Waals surface area contributed by atoms with E-state index in [0.29, 0.717) is 12.4 Å². The van der Waals surface area contributed by atoms with E-state index in [4.69, 9.17) is 9.15 Å². The fourth-order valence-electron chi connectivity index (χ4n) is 3.65. The minimum absolute atomic E-state index is 0. The van der Waals surface area contributed by atoms with Gasteiger partial charge >= 0.3 is 29.6 Å². The smallest absolute Gasteiger partial charge is 0.550 e. The van der Waals surface area contributed by atoms with Crippen LogP contribution in [0.1, 0.15) is 49.3 Å². The van der Waals surface area contributed by atoms with Gasteiger partial charge in [-0.15, -0.1) is 0 Å². The summed E-state index contributed by atoms with van der Waals surface area (Å²) in [5.41, 5.74) is 4.19. The second-order valence-electron chi connectivity index (χ2n) is 8.45. The molecule has 180 valence electrons. The molecule has 0 saturated heterocycles. The summed E-state index contributed by atoms with van der Waals surface area (Å²) in [6, 6.07) is 11.7. The van der Waals surface area contributed by atoms with Crippen LogP contribution in [0.4, 0.5) is 4.39 Å². The monoisotopic (exact) mass is 490 g/mol. The van der Waals surface area contributed by atoms with E-state index in [1.54, 1.807) is 30.7 Å². The predicted molar refractivity (Wildman–Crippen MR) is 124 cm³/mol. The Balaban J connectivity index is 0.00000432. The zero-order chi connectivity index (χ0) is 24.7. The van der Waals surface area contributed by atoms with E-state index in [2.05, 4.69) is 0 Å². The Morgan fingerprint density at radius 2 is 1.89 bits per heavy atom. The molecule has 6 nitrogen and oxygen atoms in total. The molecule has 2 unspecified atom stereocenters. The minimum Gasteiger partial charge on any atom is -0.550 e. The van der Waals surface area contributed by atoms with Gasteiger partial charge in [0.1, 0.15) is 18.2 Å². The molecule has 2 atom stereocenters. The van der Waals surface area contributed by atoms with E-state index < -0.39 is 24.6 Å². The molecule has 0 aliphatic rings. The zero-order valence-electron chi connectivity index (χ0n) is 20.1. The number of halogens is 1. The van der Waals surface area contributed by atoms with E-state index in [9.17, 15) is 24.5 Å². The van der Waals surface area contributed by atoms with Crippen molar-refractivity contribution in [2.24, 2.45) is 0 Å². The van der Waals surface area contributed by atoms with Crippen LogP contribution in [0, 0.1) is 5.82 Å². The maximum absolute atomic E-state index is 13.6. The van der Waals surface area contributed by atoms with Crippen molar-refractivity contribution in [3.05, 3.63) is 83.6 Å². The number of furan rings is 1. The Bertz CT molecular complexity index is 1110. The van der Waals surface area contributed by atoms with Gasteiger partial charge in [-0.3, -0.25) is 0 Å². The van der Waals surface area contributed by atoms with Crippen LogP contribution in [-0.4, -0.2) is 28.4 Å². The number of benzene rings is 2. The van der Waals surface area contributed by atoms with Crippen LogP contribution in [0.15, 0.2) is 65.5 Å². The summed E-state index contributed by atoms with van der Waals surface area (Å²) in [7, 11) is 0. The molecule has 35 heavy (non-hydrogen) atoms. The number of aliphatic hydroxyl groups is 2. The maximum Gasteiger partial charge on any atom is 1.00 e. The first-order valence-electron chi connectivity index (χ1n) is 11.0. The number of hydrogen-bond donors (Lipinski definition) is 2.